The SMILES string of the molecule is CCCCN1OCCc2ccccc2C1C. The monoisotopic (exact) mass is 219 g/mol. The number of unbranched alkanes of at least 4 members (excludes halogenated alkanes) is 1. The van der Waals surface area contributed by atoms with Crippen LogP contribution in [0.2, 0.25) is 0 Å². The van der Waals surface area contributed by atoms with Crippen molar-refractivity contribution >= 4 is 0 Å². The normalized spacial score (nSPS) is 21.5. The van der Waals surface area contributed by atoms with Crippen LogP contribution >= 0.6 is 0 Å². The summed E-state index contributed by atoms with van der Waals surface area (Å²) in [7, 11) is 0. The quantitative estimate of drug-likeness (QED) is 0.773. The smallest absolute Gasteiger partial charge is 0.0725 e. The fourth-order valence-corrected chi connectivity index (χ4v) is 2.28. The van der Waals surface area contributed by atoms with Crippen LogP contribution in [0.15, 0.2) is 24.3 Å². The van der Waals surface area contributed by atoms with E-state index in [1.165, 1.54) is 24.0 Å². The molecular weight excluding hydrogens is 198 g/mol. The van der Waals surface area contributed by atoms with E-state index < -0.39 is 0 Å². The predicted molar refractivity (Wildman–Crippen MR) is 66.1 cm³/mol. The van der Waals surface area contributed by atoms with Gasteiger partial charge in [0.15, 0.2) is 0 Å². The van der Waals surface area contributed by atoms with Crippen LogP contribution in [0.25, 0.3) is 0 Å². The highest BCUT2D eigenvalue weighted by Crippen LogP contribution is 2.27. The van der Waals surface area contributed by atoms with Gasteiger partial charge in [0.2, 0.25) is 0 Å². The molecule has 16 heavy (non-hydrogen) atoms. The molecule has 1 aromatic rings. The van der Waals surface area contributed by atoms with Crippen molar-refractivity contribution in [3.8, 4) is 0 Å². The molecule has 0 bridgehead atoms. The van der Waals surface area contributed by atoms with Gasteiger partial charge in [-0.25, -0.2) is 0 Å². The van der Waals surface area contributed by atoms with E-state index in [9.17, 15) is 0 Å². The first-order valence-corrected chi connectivity index (χ1v) is 6.30. The Morgan fingerprint density at radius 3 is 3.00 bits per heavy atom. The molecule has 1 aromatic carbocycles. The predicted octanol–water partition coefficient (Wildman–Crippen LogP) is 3.34. The number of benzene rings is 1. The average molecular weight is 219 g/mol. The maximum Gasteiger partial charge on any atom is 0.0725 e. The topological polar surface area (TPSA) is 12.5 Å². The molecule has 0 aliphatic carbocycles. The van der Waals surface area contributed by atoms with E-state index in [2.05, 4.69) is 43.2 Å². The Morgan fingerprint density at radius 2 is 2.19 bits per heavy atom. The van der Waals surface area contributed by atoms with Gasteiger partial charge < -0.3 is 0 Å². The number of nitrogens with zero attached hydrogens (tertiary/aromatic N) is 1. The molecule has 0 aromatic heterocycles. The van der Waals surface area contributed by atoms with Gasteiger partial charge in [0.25, 0.3) is 0 Å². The van der Waals surface area contributed by atoms with Crippen molar-refractivity contribution in [2.45, 2.75) is 39.2 Å². The van der Waals surface area contributed by atoms with Crippen LogP contribution in [0.3, 0.4) is 0 Å². The van der Waals surface area contributed by atoms with E-state index in [0.29, 0.717) is 6.04 Å². The third kappa shape index (κ3) is 2.45. The summed E-state index contributed by atoms with van der Waals surface area (Å²) in [5.41, 5.74) is 2.87. The van der Waals surface area contributed by atoms with Crippen LogP contribution in [0.1, 0.15) is 43.9 Å². The summed E-state index contributed by atoms with van der Waals surface area (Å²) in [4.78, 5) is 5.83. The third-order valence-corrected chi connectivity index (χ3v) is 3.30. The summed E-state index contributed by atoms with van der Waals surface area (Å²) in [6.45, 7) is 6.30. The molecular formula is C14H21NO. The summed E-state index contributed by atoms with van der Waals surface area (Å²) in [6, 6.07) is 9.07. The lowest BCUT2D eigenvalue weighted by molar-refractivity contribution is -0.180. The second-order valence-electron chi connectivity index (χ2n) is 4.45. The molecule has 1 aliphatic rings. The van der Waals surface area contributed by atoms with Crippen molar-refractivity contribution in [2.75, 3.05) is 13.2 Å². The molecule has 0 spiro atoms. The van der Waals surface area contributed by atoms with E-state index in [-0.39, 0.29) is 0 Å². The Kier molecular flexibility index (Phi) is 3.97. The molecule has 0 fully saturated rings. The van der Waals surface area contributed by atoms with E-state index >= 15 is 0 Å². The molecule has 0 saturated heterocycles. The van der Waals surface area contributed by atoms with Crippen LogP contribution in [-0.2, 0) is 11.3 Å². The minimum atomic E-state index is 0.380. The van der Waals surface area contributed by atoms with Crippen LogP contribution in [0.5, 0.6) is 0 Å². The Balaban J connectivity index is 2.16. The lowest BCUT2D eigenvalue weighted by Crippen LogP contribution is -2.27. The molecule has 1 atom stereocenters. The van der Waals surface area contributed by atoms with Crippen LogP contribution in [-0.4, -0.2) is 18.2 Å². The zero-order chi connectivity index (χ0) is 11.4. The fourth-order valence-electron chi connectivity index (χ4n) is 2.28. The minimum Gasteiger partial charge on any atom is -0.298 e. The Hall–Kier alpha value is -0.860. The molecule has 0 radical (unpaired) electrons. The number of hydroxylamine groups is 2. The van der Waals surface area contributed by atoms with Gasteiger partial charge in [0.1, 0.15) is 0 Å². The molecule has 0 amide bonds. The Labute approximate surface area is 98.2 Å². The first-order valence-electron chi connectivity index (χ1n) is 6.30. The van der Waals surface area contributed by atoms with Crippen molar-refractivity contribution in [1.29, 1.82) is 0 Å². The second kappa shape index (κ2) is 5.46. The van der Waals surface area contributed by atoms with E-state index in [0.717, 1.165) is 19.6 Å². The van der Waals surface area contributed by atoms with Gasteiger partial charge in [0, 0.05) is 6.54 Å². The highest BCUT2D eigenvalue weighted by Gasteiger charge is 2.21. The van der Waals surface area contributed by atoms with E-state index in [1.807, 2.05) is 0 Å². The van der Waals surface area contributed by atoms with Gasteiger partial charge in [-0.3, -0.25) is 4.84 Å². The van der Waals surface area contributed by atoms with Crippen LogP contribution in [0.4, 0.5) is 0 Å². The molecule has 2 nitrogen and oxygen atoms in total. The summed E-state index contributed by atoms with van der Waals surface area (Å²) in [5.74, 6) is 0. The molecule has 2 heteroatoms. The van der Waals surface area contributed by atoms with Gasteiger partial charge in [-0.1, -0.05) is 37.6 Å². The highest BCUT2D eigenvalue weighted by molar-refractivity contribution is 5.30. The van der Waals surface area contributed by atoms with Gasteiger partial charge >= 0.3 is 0 Å². The first kappa shape index (κ1) is 11.6. The summed E-state index contributed by atoms with van der Waals surface area (Å²) < 4.78 is 0. The molecule has 1 heterocycles. The second-order valence-corrected chi connectivity index (χ2v) is 4.45. The zero-order valence-corrected chi connectivity index (χ0v) is 10.3. The lowest BCUT2D eigenvalue weighted by Gasteiger charge is -2.26. The van der Waals surface area contributed by atoms with Gasteiger partial charge in [-0.05, 0) is 30.9 Å². The summed E-state index contributed by atoms with van der Waals surface area (Å²) >= 11 is 0. The minimum absolute atomic E-state index is 0.380. The summed E-state index contributed by atoms with van der Waals surface area (Å²) in [6.07, 6.45) is 3.45. The first-order chi connectivity index (χ1) is 7.83. The van der Waals surface area contributed by atoms with Crippen molar-refractivity contribution in [2.24, 2.45) is 0 Å². The van der Waals surface area contributed by atoms with Crippen LogP contribution in [0, 0.1) is 0 Å². The largest absolute Gasteiger partial charge is 0.298 e. The molecule has 88 valence electrons. The maximum atomic E-state index is 5.83. The van der Waals surface area contributed by atoms with Gasteiger partial charge in [-0.2, -0.15) is 5.06 Å². The molecule has 1 aliphatic heterocycles. The third-order valence-electron chi connectivity index (χ3n) is 3.30. The van der Waals surface area contributed by atoms with Crippen LogP contribution < -0.4 is 0 Å². The number of hydrogen-bond donors (Lipinski definition) is 0. The molecule has 1 unspecified atom stereocenters. The average Bonchev–Trinajstić information content (AvgIpc) is 2.47. The van der Waals surface area contributed by atoms with Crippen molar-refractivity contribution < 1.29 is 4.84 Å². The zero-order valence-electron chi connectivity index (χ0n) is 10.3. The van der Waals surface area contributed by atoms with Gasteiger partial charge in [-0.15, -0.1) is 0 Å². The highest BCUT2D eigenvalue weighted by atomic mass is 16.7. The van der Waals surface area contributed by atoms with E-state index in [4.69, 9.17) is 4.84 Å². The fraction of sp³-hybridized carbons (Fsp3) is 0.571. The van der Waals surface area contributed by atoms with Crippen molar-refractivity contribution in [1.82, 2.24) is 5.06 Å². The maximum absolute atomic E-state index is 5.83. The van der Waals surface area contributed by atoms with Gasteiger partial charge in [0.05, 0.1) is 12.6 Å². The van der Waals surface area contributed by atoms with Crippen molar-refractivity contribution in [3.63, 3.8) is 0 Å². The molecule has 2 rings (SSSR count). The number of fused-ring (bicyclic) bond motifs is 1. The molecule has 0 saturated carbocycles. The number of hydrogen-bond acceptors (Lipinski definition) is 2. The summed E-state index contributed by atoms with van der Waals surface area (Å²) in [5, 5.41) is 2.15. The molecule has 0 N–H and O–H groups in total. The van der Waals surface area contributed by atoms with Crippen molar-refractivity contribution in [3.05, 3.63) is 35.4 Å². The lowest BCUT2D eigenvalue weighted by atomic mass is 9.99. The van der Waals surface area contributed by atoms with E-state index in [1.54, 1.807) is 0 Å². The standard InChI is InChI=1S/C14H21NO/c1-3-4-10-15-12(2)14-8-6-5-7-13(14)9-11-16-15/h5-8,12H,3-4,9-11H2,1-2H3. The number of rotatable bonds is 3. The Morgan fingerprint density at radius 1 is 1.38 bits per heavy atom. The Bertz CT molecular complexity index is 335.